The number of benzene rings is 2. The first-order valence-electron chi connectivity index (χ1n) is 8.14. The molecule has 0 bridgehead atoms. The lowest BCUT2D eigenvalue weighted by molar-refractivity contribution is -0.149. The molecule has 1 unspecified atom stereocenters. The van der Waals surface area contributed by atoms with Crippen molar-refractivity contribution in [1.82, 2.24) is 0 Å². The molecule has 0 fully saturated rings. The van der Waals surface area contributed by atoms with Gasteiger partial charge in [-0.1, -0.05) is 19.4 Å². The summed E-state index contributed by atoms with van der Waals surface area (Å²) in [5.74, 6) is 1.36. The number of ether oxygens (including phenoxy) is 4. The number of hydrogen-bond acceptors (Lipinski definition) is 6. The Hall–Kier alpha value is -2.89. The summed E-state index contributed by atoms with van der Waals surface area (Å²) in [6.07, 6.45) is 0.834. The predicted octanol–water partition coefficient (Wildman–Crippen LogP) is 3.24. The lowest BCUT2D eigenvalue weighted by Gasteiger charge is -2.20. The number of esters is 1. The number of methoxy groups -OCH3 is 1. The molecule has 0 aliphatic carbocycles. The zero-order valence-corrected chi connectivity index (χ0v) is 14.3. The largest absolute Gasteiger partial charge is 0.474 e. The van der Waals surface area contributed by atoms with Crippen LogP contribution in [-0.2, 0) is 16.0 Å². The van der Waals surface area contributed by atoms with Crippen molar-refractivity contribution >= 4 is 11.7 Å². The van der Waals surface area contributed by atoms with Gasteiger partial charge in [0.15, 0.2) is 11.5 Å². The SMILES string of the molecule is CCCc1cc(N)ccc1OC(C(=O)OC)c1ccc2c(c1)OCO2. The van der Waals surface area contributed by atoms with E-state index in [2.05, 4.69) is 6.92 Å². The Morgan fingerprint density at radius 2 is 2.00 bits per heavy atom. The molecule has 0 aromatic heterocycles. The second-order valence-corrected chi connectivity index (χ2v) is 5.75. The molecule has 2 N–H and O–H groups in total. The van der Waals surface area contributed by atoms with Crippen molar-refractivity contribution in [1.29, 1.82) is 0 Å². The van der Waals surface area contributed by atoms with Crippen molar-refractivity contribution in [2.45, 2.75) is 25.9 Å². The highest BCUT2D eigenvalue weighted by Crippen LogP contribution is 2.36. The molecule has 0 saturated carbocycles. The second-order valence-electron chi connectivity index (χ2n) is 5.75. The number of anilines is 1. The summed E-state index contributed by atoms with van der Waals surface area (Å²) in [5.41, 5.74) is 8.12. The van der Waals surface area contributed by atoms with Gasteiger partial charge in [-0.25, -0.2) is 4.79 Å². The molecule has 0 amide bonds. The summed E-state index contributed by atoms with van der Waals surface area (Å²) in [6.45, 7) is 2.24. The maximum atomic E-state index is 12.3. The van der Waals surface area contributed by atoms with Gasteiger partial charge in [-0.05, 0) is 42.3 Å². The van der Waals surface area contributed by atoms with Gasteiger partial charge in [-0.15, -0.1) is 0 Å². The Bertz CT molecular complexity index is 774. The van der Waals surface area contributed by atoms with E-state index in [1.54, 1.807) is 30.3 Å². The highest BCUT2D eigenvalue weighted by atomic mass is 16.7. The molecule has 1 heterocycles. The molecule has 6 nitrogen and oxygen atoms in total. The highest BCUT2D eigenvalue weighted by Gasteiger charge is 2.27. The number of nitrogen functional groups attached to an aromatic ring is 1. The normalized spacial score (nSPS) is 13.4. The van der Waals surface area contributed by atoms with E-state index >= 15 is 0 Å². The van der Waals surface area contributed by atoms with E-state index in [1.165, 1.54) is 7.11 Å². The Morgan fingerprint density at radius 1 is 1.20 bits per heavy atom. The van der Waals surface area contributed by atoms with Crippen LogP contribution in [0, 0.1) is 0 Å². The first-order valence-corrected chi connectivity index (χ1v) is 8.14. The lowest BCUT2D eigenvalue weighted by Crippen LogP contribution is -2.20. The van der Waals surface area contributed by atoms with Crippen molar-refractivity contribution < 1.29 is 23.7 Å². The van der Waals surface area contributed by atoms with E-state index < -0.39 is 12.1 Å². The van der Waals surface area contributed by atoms with Gasteiger partial charge < -0.3 is 24.7 Å². The van der Waals surface area contributed by atoms with E-state index in [0.29, 0.717) is 28.5 Å². The van der Waals surface area contributed by atoms with E-state index in [0.717, 1.165) is 18.4 Å². The zero-order chi connectivity index (χ0) is 17.8. The maximum absolute atomic E-state index is 12.3. The van der Waals surface area contributed by atoms with Gasteiger partial charge in [0.2, 0.25) is 12.9 Å². The topological polar surface area (TPSA) is 80.0 Å². The third-order valence-electron chi connectivity index (χ3n) is 3.96. The van der Waals surface area contributed by atoms with Crippen LogP contribution in [-0.4, -0.2) is 19.9 Å². The molecule has 1 atom stereocenters. The molecule has 2 aromatic carbocycles. The van der Waals surface area contributed by atoms with Crippen LogP contribution in [0.25, 0.3) is 0 Å². The molecule has 1 aliphatic rings. The van der Waals surface area contributed by atoms with E-state index in [9.17, 15) is 4.79 Å². The molecule has 132 valence electrons. The fraction of sp³-hybridized carbons (Fsp3) is 0.316. The maximum Gasteiger partial charge on any atom is 0.351 e. The summed E-state index contributed by atoms with van der Waals surface area (Å²) < 4.78 is 21.6. The van der Waals surface area contributed by atoms with E-state index in [4.69, 9.17) is 24.7 Å². The van der Waals surface area contributed by atoms with Crippen LogP contribution in [0.4, 0.5) is 5.69 Å². The summed E-state index contributed by atoms with van der Waals surface area (Å²) in [6, 6.07) is 10.7. The Labute approximate surface area is 146 Å². The standard InChI is InChI=1S/C19H21NO5/c1-3-4-12-9-14(20)6-8-15(12)25-18(19(21)22-2)13-5-7-16-17(10-13)24-11-23-16/h5-10,18H,3-4,11,20H2,1-2H3. The molecule has 3 rings (SSSR count). The monoisotopic (exact) mass is 343 g/mol. The number of fused-ring (bicyclic) bond motifs is 1. The van der Waals surface area contributed by atoms with Crippen LogP contribution in [0.15, 0.2) is 36.4 Å². The molecular weight excluding hydrogens is 322 g/mol. The number of rotatable bonds is 6. The number of carbonyl (C=O) groups excluding carboxylic acids is 1. The molecule has 6 heteroatoms. The van der Waals surface area contributed by atoms with Crippen LogP contribution in [0.2, 0.25) is 0 Å². The van der Waals surface area contributed by atoms with Gasteiger partial charge in [-0.3, -0.25) is 0 Å². The minimum Gasteiger partial charge on any atom is -0.474 e. The number of aryl methyl sites for hydroxylation is 1. The first kappa shape index (κ1) is 17.0. The van der Waals surface area contributed by atoms with Crippen LogP contribution in [0.5, 0.6) is 17.2 Å². The summed E-state index contributed by atoms with van der Waals surface area (Å²) in [5, 5.41) is 0. The Morgan fingerprint density at radius 3 is 2.76 bits per heavy atom. The molecule has 0 spiro atoms. The molecule has 1 aliphatic heterocycles. The van der Waals surface area contributed by atoms with Gasteiger partial charge in [0.1, 0.15) is 5.75 Å². The third-order valence-corrected chi connectivity index (χ3v) is 3.96. The molecule has 25 heavy (non-hydrogen) atoms. The summed E-state index contributed by atoms with van der Waals surface area (Å²) >= 11 is 0. The Kier molecular flexibility index (Phi) is 4.97. The van der Waals surface area contributed by atoms with Crippen molar-refractivity contribution in [3.63, 3.8) is 0 Å². The minimum atomic E-state index is -0.904. The fourth-order valence-electron chi connectivity index (χ4n) is 2.74. The summed E-state index contributed by atoms with van der Waals surface area (Å²) in [7, 11) is 1.33. The van der Waals surface area contributed by atoms with Crippen LogP contribution in [0.1, 0.15) is 30.6 Å². The summed E-state index contributed by atoms with van der Waals surface area (Å²) in [4.78, 5) is 12.3. The number of carbonyl (C=O) groups is 1. The fourth-order valence-corrected chi connectivity index (χ4v) is 2.74. The van der Waals surface area contributed by atoms with Crippen LogP contribution in [0.3, 0.4) is 0 Å². The van der Waals surface area contributed by atoms with E-state index in [1.807, 2.05) is 6.07 Å². The van der Waals surface area contributed by atoms with Gasteiger partial charge in [0.25, 0.3) is 0 Å². The smallest absolute Gasteiger partial charge is 0.351 e. The minimum absolute atomic E-state index is 0.168. The quantitative estimate of drug-likeness (QED) is 0.641. The van der Waals surface area contributed by atoms with Crippen molar-refractivity contribution in [2.75, 3.05) is 19.6 Å². The average molecular weight is 343 g/mol. The number of hydrogen-bond donors (Lipinski definition) is 1. The van der Waals surface area contributed by atoms with Crippen LogP contribution >= 0.6 is 0 Å². The molecule has 2 aromatic rings. The molecular formula is C19H21NO5. The van der Waals surface area contributed by atoms with Crippen molar-refractivity contribution in [3.8, 4) is 17.2 Å². The van der Waals surface area contributed by atoms with E-state index in [-0.39, 0.29) is 6.79 Å². The van der Waals surface area contributed by atoms with Crippen molar-refractivity contribution in [3.05, 3.63) is 47.5 Å². The van der Waals surface area contributed by atoms with Crippen molar-refractivity contribution in [2.24, 2.45) is 0 Å². The number of nitrogens with two attached hydrogens (primary N) is 1. The second kappa shape index (κ2) is 7.34. The van der Waals surface area contributed by atoms with Gasteiger partial charge in [0.05, 0.1) is 7.11 Å². The molecule has 0 saturated heterocycles. The first-order chi connectivity index (χ1) is 12.1. The van der Waals surface area contributed by atoms with Gasteiger partial charge in [0, 0.05) is 11.3 Å². The molecule has 0 radical (unpaired) electrons. The average Bonchev–Trinajstić information content (AvgIpc) is 3.08. The third kappa shape index (κ3) is 3.63. The Balaban J connectivity index is 1.94. The van der Waals surface area contributed by atoms with Gasteiger partial charge >= 0.3 is 5.97 Å². The van der Waals surface area contributed by atoms with Crippen LogP contribution < -0.4 is 19.9 Å². The highest BCUT2D eigenvalue weighted by molar-refractivity contribution is 5.77. The lowest BCUT2D eigenvalue weighted by atomic mass is 10.1. The predicted molar refractivity (Wildman–Crippen MR) is 92.8 cm³/mol. The zero-order valence-electron chi connectivity index (χ0n) is 14.3. The van der Waals surface area contributed by atoms with Gasteiger partial charge in [-0.2, -0.15) is 0 Å².